The van der Waals surface area contributed by atoms with Crippen LogP contribution in [0.5, 0.6) is 11.5 Å². The summed E-state index contributed by atoms with van der Waals surface area (Å²) in [6, 6.07) is 11.2. The summed E-state index contributed by atoms with van der Waals surface area (Å²) >= 11 is 0. The molecule has 9 nitrogen and oxygen atoms in total. The second kappa shape index (κ2) is 9.64. The first-order chi connectivity index (χ1) is 14.5. The summed E-state index contributed by atoms with van der Waals surface area (Å²) in [6.07, 6.45) is 0.848. The molecule has 4 amide bonds. The number of amides is 4. The number of nitrogens with one attached hydrogen (secondary N) is 3. The number of ether oxygens (including phenoxy) is 2. The fourth-order valence-corrected chi connectivity index (χ4v) is 2.93. The number of carbonyl (C=O) groups excluding carboxylic acids is 3. The van der Waals surface area contributed by atoms with Crippen LogP contribution in [0.1, 0.15) is 34.1 Å². The summed E-state index contributed by atoms with van der Waals surface area (Å²) < 4.78 is 10.8. The van der Waals surface area contributed by atoms with Crippen LogP contribution < -0.4 is 30.5 Å². The smallest absolute Gasteiger partial charge is 0.321 e. The standard InChI is InChI=1S/C21H24N4O5/c1-3-11-30-17-8-7-15(13-18(17)29-2)20(27)24-23-19(26)14-5-4-6-16(12-14)25-10-9-22-21(25)28/h4-8,12-13H,3,9-11H2,1-2H3,(H,22,28)(H,23,26)(H,24,27). The maximum atomic E-state index is 12.4. The molecule has 0 bridgehead atoms. The number of nitrogens with zero attached hydrogens (tertiary/aromatic N) is 1. The van der Waals surface area contributed by atoms with Crippen LogP contribution in [-0.4, -0.2) is 44.7 Å². The molecule has 1 heterocycles. The summed E-state index contributed by atoms with van der Waals surface area (Å²) in [4.78, 5) is 38.2. The fraction of sp³-hybridized carbons (Fsp3) is 0.286. The van der Waals surface area contributed by atoms with E-state index in [1.54, 1.807) is 47.4 Å². The SMILES string of the molecule is CCCOc1ccc(C(=O)NNC(=O)c2cccc(N3CCNC3=O)c2)cc1OC. The van der Waals surface area contributed by atoms with E-state index in [1.807, 2.05) is 6.92 Å². The molecule has 2 aromatic rings. The topological polar surface area (TPSA) is 109 Å². The monoisotopic (exact) mass is 412 g/mol. The lowest BCUT2D eigenvalue weighted by molar-refractivity contribution is 0.0846. The van der Waals surface area contributed by atoms with Crippen molar-refractivity contribution < 1.29 is 23.9 Å². The van der Waals surface area contributed by atoms with E-state index >= 15 is 0 Å². The molecule has 3 N–H and O–H groups in total. The molecule has 30 heavy (non-hydrogen) atoms. The van der Waals surface area contributed by atoms with Gasteiger partial charge in [0.05, 0.1) is 13.7 Å². The van der Waals surface area contributed by atoms with E-state index in [2.05, 4.69) is 16.2 Å². The lowest BCUT2D eigenvalue weighted by Crippen LogP contribution is -2.41. The Kier molecular flexibility index (Phi) is 6.74. The molecular formula is C21H24N4O5. The molecule has 1 aliphatic heterocycles. The fourth-order valence-electron chi connectivity index (χ4n) is 2.93. The van der Waals surface area contributed by atoms with Crippen molar-refractivity contribution in [2.75, 3.05) is 31.7 Å². The number of methoxy groups -OCH3 is 1. The number of hydrogen-bond donors (Lipinski definition) is 3. The Labute approximate surface area is 174 Å². The number of hydrogen-bond acceptors (Lipinski definition) is 5. The Bertz CT molecular complexity index is 947. The molecule has 0 spiro atoms. The van der Waals surface area contributed by atoms with Crippen LogP contribution in [0.15, 0.2) is 42.5 Å². The van der Waals surface area contributed by atoms with E-state index in [1.165, 1.54) is 7.11 Å². The largest absolute Gasteiger partial charge is 0.493 e. The number of hydrazine groups is 1. The third-order valence-corrected chi connectivity index (χ3v) is 4.45. The van der Waals surface area contributed by atoms with Crippen molar-refractivity contribution in [1.82, 2.24) is 16.2 Å². The Morgan fingerprint density at radius 1 is 1.07 bits per heavy atom. The van der Waals surface area contributed by atoms with Crippen molar-refractivity contribution in [2.45, 2.75) is 13.3 Å². The van der Waals surface area contributed by atoms with E-state index in [0.29, 0.717) is 48.0 Å². The maximum Gasteiger partial charge on any atom is 0.321 e. The molecule has 1 saturated heterocycles. The highest BCUT2D eigenvalue weighted by Crippen LogP contribution is 2.28. The molecule has 0 atom stereocenters. The molecule has 0 radical (unpaired) electrons. The number of benzene rings is 2. The van der Waals surface area contributed by atoms with Crippen molar-refractivity contribution in [3.8, 4) is 11.5 Å². The van der Waals surface area contributed by atoms with Gasteiger partial charge in [0.1, 0.15) is 0 Å². The van der Waals surface area contributed by atoms with E-state index in [-0.39, 0.29) is 6.03 Å². The first-order valence-electron chi connectivity index (χ1n) is 9.60. The van der Waals surface area contributed by atoms with Gasteiger partial charge in [-0.2, -0.15) is 0 Å². The maximum absolute atomic E-state index is 12.4. The normalized spacial score (nSPS) is 12.9. The number of anilines is 1. The predicted molar refractivity (Wildman–Crippen MR) is 111 cm³/mol. The van der Waals surface area contributed by atoms with Crippen molar-refractivity contribution in [1.29, 1.82) is 0 Å². The molecule has 0 aromatic heterocycles. The highest BCUT2D eigenvalue weighted by Gasteiger charge is 2.22. The van der Waals surface area contributed by atoms with E-state index in [0.717, 1.165) is 6.42 Å². The van der Waals surface area contributed by atoms with Crippen LogP contribution in [0.4, 0.5) is 10.5 Å². The van der Waals surface area contributed by atoms with Gasteiger partial charge in [-0.3, -0.25) is 25.3 Å². The summed E-state index contributed by atoms with van der Waals surface area (Å²) in [5.74, 6) is -0.0276. The van der Waals surface area contributed by atoms with Gasteiger partial charge in [0.25, 0.3) is 11.8 Å². The van der Waals surface area contributed by atoms with Gasteiger partial charge >= 0.3 is 6.03 Å². The highest BCUT2D eigenvalue weighted by molar-refractivity contribution is 6.01. The van der Waals surface area contributed by atoms with Crippen LogP contribution in [0.3, 0.4) is 0 Å². The van der Waals surface area contributed by atoms with Gasteiger partial charge in [-0.1, -0.05) is 13.0 Å². The average Bonchev–Trinajstić information content (AvgIpc) is 3.21. The van der Waals surface area contributed by atoms with Gasteiger partial charge in [-0.15, -0.1) is 0 Å². The second-order valence-electron chi connectivity index (χ2n) is 6.56. The van der Waals surface area contributed by atoms with Crippen molar-refractivity contribution in [3.05, 3.63) is 53.6 Å². The van der Waals surface area contributed by atoms with Crippen LogP contribution in [-0.2, 0) is 0 Å². The number of rotatable bonds is 7. The highest BCUT2D eigenvalue weighted by atomic mass is 16.5. The van der Waals surface area contributed by atoms with Crippen molar-refractivity contribution >= 4 is 23.5 Å². The summed E-state index contributed by atoms with van der Waals surface area (Å²) in [5, 5.41) is 2.71. The van der Waals surface area contributed by atoms with Crippen LogP contribution in [0.2, 0.25) is 0 Å². The molecule has 0 unspecified atom stereocenters. The molecule has 0 aliphatic carbocycles. The Morgan fingerprint density at radius 2 is 1.80 bits per heavy atom. The van der Waals surface area contributed by atoms with Crippen LogP contribution in [0.25, 0.3) is 0 Å². The van der Waals surface area contributed by atoms with E-state index < -0.39 is 11.8 Å². The van der Waals surface area contributed by atoms with Crippen molar-refractivity contribution in [2.24, 2.45) is 0 Å². The molecule has 158 valence electrons. The van der Waals surface area contributed by atoms with Crippen molar-refractivity contribution in [3.63, 3.8) is 0 Å². The summed E-state index contributed by atoms with van der Waals surface area (Å²) in [6.45, 7) is 3.61. The summed E-state index contributed by atoms with van der Waals surface area (Å²) in [7, 11) is 1.49. The quantitative estimate of drug-likeness (QED) is 0.604. The average molecular weight is 412 g/mol. The first kappa shape index (κ1) is 21.0. The van der Waals surface area contributed by atoms with Gasteiger partial charge in [0.15, 0.2) is 11.5 Å². The summed E-state index contributed by atoms with van der Waals surface area (Å²) in [5.41, 5.74) is 5.99. The zero-order valence-corrected chi connectivity index (χ0v) is 16.9. The first-order valence-corrected chi connectivity index (χ1v) is 9.60. The molecular weight excluding hydrogens is 388 g/mol. The molecule has 3 rings (SSSR count). The third-order valence-electron chi connectivity index (χ3n) is 4.45. The minimum absolute atomic E-state index is 0.207. The molecule has 1 aliphatic rings. The van der Waals surface area contributed by atoms with Gasteiger partial charge < -0.3 is 14.8 Å². The second-order valence-corrected chi connectivity index (χ2v) is 6.56. The Balaban J connectivity index is 1.63. The van der Waals surface area contributed by atoms with Gasteiger partial charge in [-0.25, -0.2) is 4.79 Å². The van der Waals surface area contributed by atoms with Crippen LogP contribution in [0, 0.1) is 0 Å². The lowest BCUT2D eigenvalue weighted by Gasteiger charge is -2.15. The minimum atomic E-state index is -0.501. The Hall–Kier alpha value is -3.75. The predicted octanol–water partition coefficient (Wildman–Crippen LogP) is 2.09. The number of urea groups is 1. The zero-order valence-electron chi connectivity index (χ0n) is 16.9. The van der Waals surface area contributed by atoms with E-state index in [9.17, 15) is 14.4 Å². The Morgan fingerprint density at radius 3 is 2.43 bits per heavy atom. The minimum Gasteiger partial charge on any atom is -0.493 e. The number of carbonyl (C=O) groups is 3. The molecule has 2 aromatic carbocycles. The zero-order chi connectivity index (χ0) is 21.5. The van der Waals surface area contributed by atoms with Gasteiger partial charge in [-0.05, 0) is 42.8 Å². The van der Waals surface area contributed by atoms with Gasteiger partial charge in [0.2, 0.25) is 0 Å². The third kappa shape index (κ3) is 4.80. The lowest BCUT2D eigenvalue weighted by atomic mass is 10.2. The molecule has 1 fully saturated rings. The van der Waals surface area contributed by atoms with E-state index in [4.69, 9.17) is 9.47 Å². The van der Waals surface area contributed by atoms with Crippen LogP contribution >= 0.6 is 0 Å². The molecule has 0 saturated carbocycles. The van der Waals surface area contributed by atoms with Gasteiger partial charge in [0, 0.05) is 29.9 Å². The molecule has 9 heteroatoms.